The minimum Gasteiger partial charge on any atom is -0.493 e. The van der Waals surface area contributed by atoms with Crippen molar-refractivity contribution in [2.45, 2.75) is 291 Å². The number of carboxylic acids is 1. The highest BCUT2D eigenvalue weighted by molar-refractivity contribution is 5.93. The van der Waals surface area contributed by atoms with Gasteiger partial charge in [0.05, 0.1) is 82.1 Å². The molecule has 0 fully saturated rings. The van der Waals surface area contributed by atoms with E-state index < -0.39 is 106 Å². The van der Waals surface area contributed by atoms with Crippen molar-refractivity contribution in [2.75, 3.05) is 95.4 Å². The number of carboxylic acid groups (broad SMARTS) is 1. The molecule has 0 saturated heterocycles. The van der Waals surface area contributed by atoms with Gasteiger partial charge in [0.25, 0.3) is 0 Å². The minimum atomic E-state index is -1.05. The number of Topliss-reactive ketones (excluding diaryl/α,β-unsaturated/α-hetero) is 2. The Labute approximate surface area is 782 Å². The van der Waals surface area contributed by atoms with Crippen LogP contribution in [0.1, 0.15) is 248 Å². The van der Waals surface area contributed by atoms with Crippen molar-refractivity contribution in [3.05, 3.63) is 71.3 Å². The SMILES string of the molecule is COCCCOc1cc(C[C@@H](C[C@H](NC(=O)OC(C)(C)C)C(=O)C[C@H](C(=O)NCC(C)(C)C(N)=O)C(C)C)C(C)C)ccc1OC.COCCCOc1cc(C[C@@H](C[C@H](NC(=O)OC(C)(C)C)C(=O)C[C@H](C(=O)O)C(C)C)C(C)C)ccc1OC.COCCCOc1cc(C[C@@H](C[C@H](NC(=O)OC(C)(C)C)[C@@H](O)C[C@H](C(=O)NCC(C)(C)C(N)=O)C(C)C)C(C)C)ccc1OC. The van der Waals surface area contributed by atoms with Crippen LogP contribution in [0.25, 0.3) is 0 Å². The largest absolute Gasteiger partial charge is 0.493 e. The molecule has 31 heteroatoms. The number of rotatable bonds is 57. The second-order valence-corrected chi connectivity index (χ2v) is 40.5. The van der Waals surface area contributed by atoms with E-state index in [1.54, 1.807) is 147 Å². The maximum atomic E-state index is 13.9. The summed E-state index contributed by atoms with van der Waals surface area (Å²) in [6, 6.07) is 15.0. The minimum absolute atomic E-state index is 0.00551. The molecule has 0 unspecified atom stereocenters. The van der Waals surface area contributed by atoms with Crippen molar-refractivity contribution < 1.29 is 115 Å². The molecule has 11 N–H and O–H groups in total. The molecule has 0 aromatic heterocycles. The zero-order chi connectivity index (χ0) is 100. The first-order valence-electron chi connectivity index (χ1n) is 46.3. The third-order valence-electron chi connectivity index (χ3n) is 22.7. The van der Waals surface area contributed by atoms with E-state index in [2.05, 4.69) is 68.1 Å². The predicted molar refractivity (Wildman–Crippen MR) is 509 cm³/mol. The lowest BCUT2D eigenvalue weighted by molar-refractivity contribution is -0.145. The highest BCUT2D eigenvalue weighted by Crippen LogP contribution is 2.37. The first-order chi connectivity index (χ1) is 60.8. The fourth-order valence-electron chi connectivity index (χ4n) is 14.0. The van der Waals surface area contributed by atoms with Crippen LogP contribution in [-0.4, -0.2) is 206 Å². The molecule has 0 bridgehead atoms. The summed E-state index contributed by atoms with van der Waals surface area (Å²) in [5, 5.41) is 35.3. The summed E-state index contributed by atoms with van der Waals surface area (Å²) < 4.78 is 66.2. The van der Waals surface area contributed by atoms with Crippen LogP contribution in [0.4, 0.5) is 14.4 Å². The van der Waals surface area contributed by atoms with Gasteiger partial charge in [-0.1, -0.05) is 101 Å². The highest BCUT2D eigenvalue weighted by Gasteiger charge is 2.39. The van der Waals surface area contributed by atoms with Gasteiger partial charge in [-0.05, 0) is 241 Å². The lowest BCUT2D eigenvalue weighted by Crippen LogP contribution is -2.49. The smallest absolute Gasteiger partial charge is 0.408 e. The average molecular weight is 1850 g/mol. The summed E-state index contributed by atoms with van der Waals surface area (Å²) in [4.78, 5) is 128. The van der Waals surface area contributed by atoms with Crippen molar-refractivity contribution in [2.24, 2.45) is 93.3 Å². The monoisotopic (exact) mass is 1850 g/mol. The van der Waals surface area contributed by atoms with Crippen LogP contribution in [0.2, 0.25) is 0 Å². The van der Waals surface area contributed by atoms with Crippen molar-refractivity contribution in [1.82, 2.24) is 26.6 Å². The number of hydrogen-bond acceptors (Lipinski definition) is 23. The van der Waals surface area contributed by atoms with Gasteiger partial charge in [0, 0.05) is 98.2 Å². The van der Waals surface area contributed by atoms with Crippen LogP contribution in [0, 0.1) is 81.8 Å². The van der Waals surface area contributed by atoms with Crippen LogP contribution < -0.4 is 66.5 Å². The van der Waals surface area contributed by atoms with Crippen LogP contribution in [0.5, 0.6) is 34.5 Å². The normalized spacial score (nSPS) is 14.2. The maximum absolute atomic E-state index is 13.9. The van der Waals surface area contributed by atoms with Gasteiger partial charge in [0.2, 0.25) is 23.6 Å². The number of amides is 7. The summed E-state index contributed by atoms with van der Waals surface area (Å²) in [6.45, 7) is 49.4. The maximum Gasteiger partial charge on any atom is 0.408 e. The molecule has 3 rings (SSSR count). The van der Waals surface area contributed by atoms with Crippen molar-refractivity contribution in [1.29, 1.82) is 0 Å². The molecule has 0 aliphatic heterocycles. The van der Waals surface area contributed by atoms with Gasteiger partial charge in [0.1, 0.15) is 16.8 Å². The van der Waals surface area contributed by atoms with E-state index in [-0.39, 0.29) is 109 Å². The Balaban J connectivity index is 0.000000987. The van der Waals surface area contributed by atoms with Crippen LogP contribution in [-0.2, 0) is 81.2 Å². The lowest BCUT2D eigenvalue weighted by atomic mass is 9.80. The Bertz CT molecular complexity index is 3950. The number of aliphatic carboxylic acids is 1. The molecular formula is C100H169N7O24. The molecule has 10 atom stereocenters. The molecule has 3 aromatic rings. The average Bonchev–Trinajstić information content (AvgIpc) is 0.843. The summed E-state index contributed by atoms with van der Waals surface area (Å²) in [6.07, 6.45) is 2.01. The number of nitrogens with two attached hydrogens (primary N) is 2. The van der Waals surface area contributed by atoms with Crippen LogP contribution >= 0.6 is 0 Å². The predicted octanol–water partition coefficient (Wildman–Crippen LogP) is 15.5. The second kappa shape index (κ2) is 58.7. The van der Waals surface area contributed by atoms with E-state index >= 15 is 0 Å². The number of hydrogen-bond donors (Lipinski definition) is 9. The topological polar surface area (TPSA) is 434 Å². The second-order valence-electron chi connectivity index (χ2n) is 40.5. The van der Waals surface area contributed by atoms with E-state index in [4.69, 9.17) is 68.3 Å². The number of aliphatic hydroxyl groups is 1. The quantitative estimate of drug-likeness (QED) is 0.0187. The van der Waals surface area contributed by atoms with E-state index in [1.807, 2.05) is 82.3 Å². The number of benzene rings is 3. The number of nitrogens with one attached hydrogen (secondary N) is 5. The Morgan fingerprint density at radius 1 is 0.366 bits per heavy atom. The molecule has 3 aromatic carbocycles. The molecule has 0 aliphatic carbocycles. The van der Waals surface area contributed by atoms with E-state index in [1.165, 1.54) is 0 Å². The first-order valence-corrected chi connectivity index (χ1v) is 46.3. The molecule has 0 heterocycles. The molecule has 0 aliphatic rings. The van der Waals surface area contributed by atoms with Gasteiger partial charge < -0.3 is 105 Å². The van der Waals surface area contributed by atoms with Gasteiger partial charge in [-0.15, -0.1) is 0 Å². The summed E-state index contributed by atoms with van der Waals surface area (Å²) >= 11 is 0. The molecule has 0 spiro atoms. The third-order valence-corrected chi connectivity index (χ3v) is 22.7. The number of carbonyl (C=O) groups excluding carboxylic acids is 9. The van der Waals surface area contributed by atoms with Crippen molar-refractivity contribution >= 4 is 59.4 Å². The fourth-order valence-corrected chi connectivity index (χ4v) is 14.0. The molecule has 0 radical (unpaired) electrons. The van der Waals surface area contributed by atoms with E-state index in [9.17, 15) is 58.2 Å². The number of carbonyl (C=O) groups is 10. The highest BCUT2D eigenvalue weighted by atomic mass is 16.6. The molecule has 0 saturated carbocycles. The fraction of sp³-hybridized carbons (Fsp3) is 0.720. The Kier molecular flexibility index (Phi) is 53.7. The zero-order valence-electron chi connectivity index (χ0n) is 85.1. The Morgan fingerprint density at radius 3 is 0.924 bits per heavy atom. The number of aliphatic hydroxyl groups excluding tert-OH is 1. The van der Waals surface area contributed by atoms with E-state index in [0.29, 0.717) is 113 Å². The molecular weight excluding hydrogens is 1680 g/mol. The summed E-state index contributed by atoms with van der Waals surface area (Å²) in [5.74, 6) is -1.50. The number of methoxy groups -OCH3 is 6. The van der Waals surface area contributed by atoms with Gasteiger partial charge in [-0.2, -0.15) is 0 Å². The van der Waals surface area contributed by atoms with Gasteiger partial charge in [0.15, 0.2) is 46.1 Å². The van der Waals surface area contributed by atoms with Crippen molar-refractivity contribution in [3.8, 4) is 34.5 Å². The van der Waals surface area contributed by atoms with Gasteiger partial charge in [-0.3, -0.25) is 33.6 Å². The standard InChI is InChI=1S/C35H61N3O8.C35H59N3O8.C30H49NO8/c2*1-22(2)25(17-24-13-14-29(44-11)30(18-24)45-16-12-15-43-10)19-27(38-33(42)46-34(5,6)7)28(39)20-26(23(3)4)31(40)37-21-35(8,9)32(36)41;1-19(2)22(15-21-11-12-26(37-9)27(16-21)38-14-10-13-36-8)17-24(31-29(35)39-30(5,6)7)25(32)18-23(20(3)4)28(33)34/h13-14,18,22-23,25-28,39H,12,15-17,19-21H2,1-11H3,(H2,36,41)(H,37,40)(H,38,42);13-14,18,22-23,25-27H,12,15-17,19-21H2,1-11H3,(H2,36,41)(H,37,40)(H,38,42);11-12,16,19-20,22-24H,10,13-15,17-18H2,1-9H3,(H,31,35)(H,33,34)/t25-,26-,27-,28-;25-,26-,27-;22-,23-,24-/m000/s1. The van der Waals surface area contributed by atoms with Crippen LogP contribution in [0.3, 0.4) is 0 Å². The molecule has 748 valence electrons. The lowest BCUT2D eigenvalue weighted by Gasteiger charge is -2.33. The van der Waals surface area contributed by atoms with Gasteiger partial charge in [-0.25, -0.2) is 14.4 Å². The molecule has 131 heavy (non-hydrogen) atoms. The third kappa shape index (κ3) is 47.8. The molecule has 31 nitrogen and oxygen atoms in total. The van der Waals surface area contributed by atoms with Crippen LogP contribution in [0.15, 0.2) is 54.6 Å². The van der Waals surface area contributed by atoms with Crippen molar-refractivity contribution in [3.63, 3.8) is 0 Å². The summed E-state index contributed by atoms with van der Waals surface area (Å²) in [5.41, 5.74) is 9.91. The Hall–Kier alpha value is -9.20. The zero-order valence-corrected chi connectivity index (χ0v) is 85.1. The summed E-state index contributed by atoms with van der Waals surface area (Å²) in [7, 11) is 9.73. The van der Waals surface area contributed by atoms with Gasteiger partial charge >= 0.3 is 24.2 Å². The number of ketones is 2. The molecule has 7 amide bonds. The Morgan fingerprint density at radius 2 is 0.656 bits per heavy atom. The number of ether oxygens (including phenoxy) is 12. The number of primary amides is 2. The number of alkyl carbamates (subject to hydrolysis) is 3. The first kappa shape index (κ1) is 120. The van der Waals surface area contributed by atoms with E-state index in [0.717, 1.165) is 36.0 Å².